The quantitative estimate of drug-likeness (QED) is 0.686. The Morgan fingerprint density at radius 3 is 2.36 bits per heavy atom. The lowest BCUT2D eigenvalue weighted by Crippen LogP contribution is -2.38. The zero-order valence-corrected chi connectivity index (χ0v) is 14.9. The molecule has 6 heteroatoms. The minimum Gasteiger partial charge on any atom is -0.303 e. The number of carbonyl (C=O) groups excluding carboxylic acids is 1. The Morgan fingerprint density at radius 2 is 1.86 bits per heavy atom. The molecule has 0 aliphatic heterocycles. The molecule has 0 aromatic heterocycles. The third-order valence-corrected chi connectivity index (χ3v) is 4.99. The van der Waals surface area contributed by atoms with Crippen LogP contribution in [0.2, 0.25) is 0 Å². The third kappa shape index (κ3) is 5.87. The van der Waals surface area contributed by atoms with Crippen LogP contribution in [0.1, 0.15) is 36.7 Å². The van der Waals surface area contributed by atoms with E-state index in [1.807, 2.05) is 13.1 Å². The number of benzene rings is 1. The second-order valence-corrected chi connectivity index (χ2v) is 7.91. The average Bonchev–Trinajstić information content (AvgIpc) is 2.41. The van der Waals surface area contributed by atoms with Crippen molar-refractivity contribution < 1.29 is 13.2 Å². The van der Waals surface area contributed by atoms with Crippen molar-refractivity contribution in [3.05, 3.63) is 35.4 Å². The van der Waals surface area contributed by atoms with Crippen molar-refractivity contribution in [3.63, 3.8) is 0 Å². The predicted molar refractivity (Wildman–Crippen MR) is 89.5 cm³/mol. The lowest BCUT2D eigenvalue weighted by atomic mass is 10.1. The molecule has 0 atom stereocenters. The Hall–Kier alpha value is -1.24. The van der Waals surface area contributed by atoms with Gasteiger partial charge in [-0.3, -0.25) is 4.79 Å². The second kappa shape index (κ2) is 7.85. The summed E-state index contributed by atoms with van der Waals surface area (Å²) in [6.07, 6.45) is 1.22. The van der Waals surface area contributed by atoms with Gasteiger partial charge in [0.25, 0.3) is 0 Å². The summed E-state index contributed by atoms with van der Waals surface area (Å²) >= 11 is 0. The first-order chi connectivity index (χ1) is 10.1. The maximum Gasteiger partial charge on any atom is 0.211 e. The first-order valence-electron chi connectivity index (χ1n) is 7.36. The van der Waals surface area contributed by atoms with Crippen LogP contribution < -0.4 is 0 Å². The van der Waals surface area contributed by atoms with Gasteiger partial charge in [0, 0.05) is 31.2 Å². The number of rotatable bonds is 8. The molecule has 22 heavy (non-hydrogen) atoms. The maximum atomic E-state index is 12.0. The summed E-state index contributed by atoms with van der Waals surface area (Å²) in [6, 6.07) is 7.49. The summed E-state index contributed by atoms with van der Waals surface area (Å²) in [6.45, 7) is 7.02. The van der Waals surface area contributed by atoms with Gasteiger partial charge in [-0.2, -0.15) is 4.31 Å². The number of carbonyl (C=O) groups is 1. The number of likely N-dealkylation sites (N-methyl/N-ethyl adjacent to an activating group) is 1. The Morgan fingerprint density at radius 1 is 1.23 bits per heavy atom. The summed E-state index contributed by atoms with van der Waals surface area (Å²) in [5.74, 6) is -0.0210. The van der Waals surface area contributed by atoms with Crippen molar-refractivity contribution in [2.75, 3.05) is 26.4 Å². The van der Waals surface area contributed by atoms with Crippen molar-refractivity contribution in [1.29, 1.82) is 0 Å². The average molecular weight is 326 g/mol. The van der Waals surface area contributed by atoms with Gasteiger partial charge in [-0.1, -0.05) is 18.2 Å². The Bertz CT molecular complexity index is 612. The van der Waals surface area contributed by atoms with E-state index in [9.17, 15) is 13.2 Å². The van der Waals surface area contributed by atoms with Crippen molar-refractivity contribution in [1.82, 2.24) is 9.21 Å². The minimum absolute atomic E-state index is 0.0210. The Labute approximate surface area is 134 Å². The molecule has 0 bridgehead atoms. The van der Waals surface area contributed by atoms with E-state index in [0.29, 0.717) is 24.7 Å². The summed E-state index contributed by atoms with van der Waals surface area (Å²) in [7, 11) is -1.32. The van der Waals surface area contributed by atoms with Crippen LogP contribution in [-0.4, -0.2) is 55.8 Å². The molecule has 1 aromatic carbocycles. The summed E-state index contributed by atoms with van der Waals surface area (Å²) in [5.41, 5.74) is 1.43. The molecule has 124 valence electrons. The summed E-state index contributed by atoms with van der Waals surface area (Å²) in [5, 5.41) is 0. The number of Topliss-reactive ketones (excluding diaryl/α,β-unsaturated/α-hetero) is 1. The van der Waals surface area contributed by atoms with Gasteiger partial charge >= 0.3 is 0 Å². The number of sulfonamides is 1. The van der Waals surface area contributed by atoms with Crippen LogP contribution in [0.15, 0.2) is 24.3 Å². The van der Waals surface area contributed by atoms with Crippen LogP contribution in [0.5, 0.6) is 0 Å². The van der Waals surface area contributed by atoms with E-state index in [2.05, 4.69) is 18.7 Å². The smallest absolute Gasteiger partial charge is 0.211 e. The van der Waals surface area contributed by atoms with E-state index in [-0.39, 0.29) is 12.3 Å². The van der Waals surface area contributed by atoms with E-state index < -0.39 is 10.0 Å². The van der Waals surface area contributed by atoms with Crippen LogP contribution in [0.4, 0.5) is 0 Å². The molecule has 0 heterocycles. The Balaban J connectivity index is 2.86. The topological polar surface area (TPSA) is 57.7 Å². The van der Waals surface area contributed by atoms with Crippen molar-refractivity contribution in [2.24, 2.45) is 0 Å². The normalized spacial score (nSPS) is 12.4. The van der Waals surface area contributed by atoms with Gasteiger partial charge in [-0.15, -0.1) is 0 Å². The largest absolute Gasteiger partial charge is 0.303 e. The molecule has 0 N–H and O–H groups in total. The van der Waals surface area contributed by atoms with E-state index >= 15 is 0 Å². The van der Waals surface area contributed by atoms with Gasteiger partial charge in [0.2, 0.25) is 10.0 Å². The van der Waals surface area contributed by atoms with E-state index in [1.165, 1.54) is 17.5 Å². The fraction of sp³-hybridized carbons (Fsp3) is 0.562. The monoisotopic (exact) mass is 326 g/mol. The molecule has 0 saturated carbocycles. The Kier molecular flexibility index (Phi) is 6.71. The van der Waals surface area contributed by atoms with Gasteiger partial charge in [-0.05, 0) is 39.4 Å². The van der Waals surface area contributed by atoms with Crippen molar-refractivity contribution in [2.45, 2.75) is 33.4 Å². The molecule has 0 unspecified atom stereocenters. The van der Waals surface area contributed by atoms with E-state index in [4.69, 9.17) is 0 Å². The van der Waals surface area contributed by atoms with Crippen LogP contribution in [0.25, 0.3) is 0 Å². The molecule has 0 spiro atoms. The van der Waals surface area contributed by atoms with Crippen LogP contribution >= 0.6 is 0 Å². The standard InChI is InChI=1S/C16H26N2O3S/c1-13(2)17(4)9-10-18(22(5,20)21)12-15-7-6-8-16(11-15)14(3)19/h6-8,11,13H,9-10,12H2,1-5H3. The molecular formula is C16H26N2O3S. The number of ketones is 1. The SMILES string of the molecule is CC(=O)c1cccc(CN(CCN(C)C(C)C)S(C)(=O)=O)c1. The minimum atomic E-state index is -3.30. The van der Waals surface area contributed by atoms with Gasteiger partial charge in [-0.25, -0.2) is 8.42 Å². The highest BCUT2D eigenvalue weighted by atomic mass is 32.2. The van der Waals surface area contributed by atoms with Crippen molar-refractivity contribution in [3.8, 4) is 0 Å². The highest BCUT2D eigenvalue weighted by Gasteiger charge is 2.18. The summed E-state index contributed by atoms with van der Waals surface area (Å²) < 4.78 is 25.4. The van der Waals surface area contributed by atoms with Crippen LogP contribution in [-0.2, 0) is 16.6 Å². The first-order valence-corrected chi connectivity index (χ1v) is 9.21. The molecule has 0 radical (unpaired) electrons. The predicted octanol–water partition coefficient (Wildman–Crippen LogP) is 1.99. The van der Waals surface area contributed by atoms with Crippen molar-refractivity contribution >= 4 is 15.8 Å². The fourth-order valence-electron chi connectivity index (χ4n) is 1.98. The second-order valence-electron chi connectivity index (χ2n) is 5.93. The van der Waals surface area contributed by atoms with Gasteiger partial charge < -0.3 is 4.90 Å². The van der Waals surface area contributed by atoms with Gasteiger partial charge in [0.05, 0.1) is 6.26 Å². The molecule has 0 amide bonds. The number of nitrogens with zero attached hydrogens (tertiary/aromatic N) is 2. The molecule has 0 aliphatic carbocycles. The van der Waals surface area contributed by atoms with Crippen LogP contribution in [0, 0.1) is 0 Å². The zero-order chi connectivity index (χ0) is 16.9. The molecule has 1 rings (SSSR count). The lowest BCUT2D eigenvalue weighted by molar-refractivity contribution is 0.101. The lowest BCUT2D eigenvalue weighted by Gasteiger charge is -2.26. The summed E-state index contributed by atoms with van der Waals surface area (Å²) in [4.78, 5) is 13.5. The number of hydrogen-bond donors (Lipinski definition) is 0. The zero-order valence-electron chi connectivity index (χ0n) is 14.0. The molecule has 0 saturated heterocycles. The molecule has 5 nitrogen and oxygen atoms in total. The fourth-order valence-corrected chi connectivity index (χ4v) is 2.78. The highest BCUT2D eigenvalue weighted by molar-refractivity contribution is 7.88. The maximum absolute atomic E-state index is 12.0. The van der Waals surface area contributed by atoms with Gasteiger partial charge in [0.1, 0.15) is 0 Å². The molecule has 0 fully saturated rings. The molecule has 0 aliphatic rings. The first kappa shape index (κ1) is 18.8. The van der Waals surface area contributed by atoms with E-state index in [0.717, 1.165) is 5.56 Å². The molecule has 1 aromatic rings. The number of hydrogen-bond acceptors (Lipinski definition) is 4. The molecular weight excluding hydrogens is 300 g/mol. The van der Waals surface area contributed by atoms with E-state index in [1.54, 1.807) is 18.2 Å². The van der Waals surface area contributed by atoms with Gasteiger partial charge in [0.15, 0.2) is 5.78 Å². The van der Waals surface area contributed by atoms with Crippen LogP contribution in [0.3, 0.4) is 0 Å². The third-order valence-electron chi connectivity index (χ3n) is 3.75. The highest BCUT2D eigenvalue weighted by Crippen LogP contribution is 2.12.